The fourth-order valence-corrected chi connectivity index (χ4v) is 16.2. The van der Waals surface area contributed by atoms with Crippen LogP contribution in [-0.2, 0) is 52.3 Å². The molecule has 3 unspecified atom stereocenters. The number of carbonyl (C=O) groups excluding carboxylic acids is 2. The van der Waals surface area contributed by atoms with Gasteiger partial charge in [0.05, 0.1) is 44.1 Å². The van der Waals surface area contributed by atoms with Gasteiger partial charge in [0.1, 0.15) is 79.4 Å². The van der Waals surface area contributed by atoms with Crippen LogP contribution in [0.1, 0.15) is 107 Å². The molecule has 3 saturated heterocycles. The molecule has 5 aliphatic carbocycles. The van der Waals surface area contributed by atoms with Crippen LogP contribution in [-0.4, -0.2) is 227 Å². The zero-order valence-electron chi connectivity index (χ0n) is 46.4. The molecular weight excluding hydrogens is 1040 g/mol. The van der Waals surface area contributed by atoms with Crippen LogP contribution >= 0.6 is 0 Å². The summed E-state index contributed by atoms with van der Waals surface area (Å²) in [7, 11) is 0. The molecule has 7 fully saturated rings. The summed E-state index contributed by atoms with van der Waals surface area (Å²) in [5.74, 6) is -3.88. The van der Waals surface area contributed by atoms with Gasteiger partial charge in [0.25, 0.3) is 0 Å². The van der Waals surface area contributed by atoms with Crippen LogP contribution in [0.4, 0.5) is 0 Å². The number of aliphatic carboxylic acids is 1. The molecule has 0 aromatic heterocycles. The van der Waals surface area contributed by atoms with Gasteiger partial charge in [-0.1, -0.05) is 59.3 Å². The van der Waals surface area contributed by atoms with E-state index in [2.05, 4.69) is 26.8 Å². The molecular formula is C55H86O24. The van der Waals surface area contributed by atoms with Crippen LogP contribution in [0.5, 0.6) is 0 Å². The van der Waals surface area contributed by atoms with Gasteiger partial charge in [-0.3, -0.25) is 4.79 Å². The normalized spacial score (nSPS) is 50.6. The van der Waals surface area contributed by atoms with Crippen molar-refractivity contribution in [1.82, 2.24) is 0 Å². The van der Waals surface area contributed by atoms with Crippen molar-refractivity contribution in [3.63, 3.8) is 0 Å². The largest absolute Gasteiger partial charge is 0.479 e. The average Bonchev–Trinajstić information content (AvgIpc) is 3.25. The van der Waals surface area contributed by atoms with E-state index in [4.69, 9.17) is 37.9 Å². The van der Waals surface area contributed by atoms with Gasteiger partial charge in [0.15, 0.2) is 25.0 Å². The van der Waals surface area contributed by atoms with Gasteiger partial charge in [-0.15, -0.1) is 0 Å². The Bertz CT molecular complexity index is 2290. The standard InChI is InChI=1S/C55H86O24/c1-10-23(2)46(71)79-43-44(72-24(3)60)55(22-59)26(17-50(43,4)5)25-11-12-30-51(6)15-14-32(52(7,21-58)29(51)13-16-53(30,8)54(25,9)18-31(55)61)75-49-41(77-48-38(67)36(65)34(63)28(20-57)74-48)39(68)40(42(78-49)45(69)70)76-47-37(66)35(64)33(62)27(19-56)73-47/h10-11,26-44,47-49,56-59,61-68H,12-22H2,1-9H3,(H,69,70)/b23-10-/t26?,27-,28-,29?,30?,31-,32+,33-,34-,35+,36+,37-,38-,39+,40+,41-,42+,43+,44+,47+,48+,49-,51+,52-,53-,54-,55+/m1/s1. The van der Waals surface area contributed by atoms with Gasteiger partial charge in [0.2, 0.25) is 0 Å². The molecule has 3 aliphatic heterocycles. The topological polar surface area (TPSA) is 388 Å². The zero-order valence-corrected chi connectivity index (χ0v) is 46.4. The van der Waals surface area contributed by atoms with E-state index < -0.39 is 199 Å². The SMILES string of the molecule is C/C=C(/C)C(=O)O[C@H]1[C@H](OC(C)=O)[C@@]2(CO)C(CC1(C)C)C1=CCC3[C@@]4(C)CC[C@H](O[C@@H]5O[C@H](C(=O)O)[C@@H](O[C@@H]6O[C@H](CO)[C@@H](O)[C@H](O)[C@H]6O)[C@H](O)[C@H]5O[C@@H]5O[C@H](CO)[C@@H](O)[C@H](O)[C@H]5O)[C@](C)(CO)C4CC[C@@]3(C)[C@]1(C)C[C@H]2O. The number of hydrogen-bond donors (Lipinski definition) is 13. The van der Waals surface area contributed by atoms with E-state index in [0.29, 0.717) is 37.7 Å². The summed E-state index contributed by atoms with van der Waals surface area (Å²) < 4.78 is 48.2. The van der Waals surface area contributed by atoms with Crippen molar-refractivity contribution in [3.8, 4) is 0 Å². The Morgan fingerprint density at radius 1 is 0.658 bits per heavy atom. The first-order valence-electron chi connectivity index (χ1n) is 27.7. The predicted molar refractivity (Wildman–Crippen MR) is 269 cm³/mol. The number of fused-ring (bicyclic) bond motifs is 7. The summed E-state index contributed by atoms with van der Waals surface area (Å²) in [6.45, 7) is 14.1. The summed E-state index contributed by atoms with van der Waals surface area (Å²) in [4.78, 5) is 39.5. The second-order valence-electron chi connectivity index (χ2n) is 25.5. The van der Waals surface area contributed by atoms with E-state index in [1.165, 1.54) is 6.92 Å². The summed E-state index contributed by atoms with van der Waals surface area (Å²) in [6.07, 6.45) is -26.5. The fraction of sp³-hybridized carbons (Fsp3) is 0.873. The Kier molecular flexibility index (Phi) is 17.8. The zero-order chi connectivity index (χ0) is 58.4. The minimum Gasteiger partial charge on any atom is -0.479 e. The summed E-state index contributed by atoms with van der Waals surface area (Å²) in [5.41, 5.74) is -3.78. The van der Waals surface area contributed by atoms with Gasteiger partial charge in [-0.05, 0) is 92.8 Å². The van der Waals surface area contributed by atoms with Crippen molar-refractivity contribution >= 4 is 17.9 Å². The number of carbonyl (C=O) groups is 3. The lowest BCUT2D eigenvalue weighted by Gasteiger charge is -2.72. The average molecular weight is 1130 g/mol. The van der Waals surface area contributed by atoms with E-state index in [-0.39, 0.29) is 24.7 Å². The maximum Gasteiger partial charge on any atom is 0.335 e. The molecule has 0 amide bonds. The van der Waals surface area contributed by atoms with Crippen molar-refractivity contribution < 1.29 is 119 Å². The van der Waals surface area contributed by atoms with Crippen LogP contribution in [0.25, 0.3) is 0 Å². The van der Waals surface area contributed by atoms with Crippen LogP contribution < -0.4 is 0 Å². The third kappa shape index (κ3) is 9.94. The minimum absolute atomic E-state index is 0.0849. The number of carboxylic acid groups (broad SMARTS) is 1. The molecule has 79 heavy (non-hydrogen) atoms. The van der Waals surface area contributed by atoms with Gasteiger partial charge in [0, 0.05) is 23.3 Å². The van der Waals surface area contributed by atoms with Crippen LogP contribution in [0.2, 0.25) is 0 Å². The lowest BCUT2D eigenvalue weighted by molar-refractivity contribution is -0.392. The monoisotopic (exact) mass is 1130 g/mol. The van der Waals surface area contributed by atoms with Crippen LogP contribution in [0.3, 0.4) is 0 Å². The number of ether oxygens (including phenoxy) is 8. The highest BCUT2D eigenvalue weighted by molar-refractivity contribution is 5.87. The highest BCUT2D eigenvalue weighted by Gasteiger charge is 2.74. The first kappa shape index (κ1) is 62.2. The molecule has 0 bridgehead atoms. The number of rotatable bonds is 14. The number of aliphatic hydroxyl groups is 12. The Morgan fingerprint density at radius 2 is 1.24 bits per heavy atom. The molecule has 450 valence electrons. The highest BCUT2D eigenvalue weighted by Crippen LogP contribution is 2.76. The number of aliphatic hydroxyl groups excluding tert-OH is 12. The van der Waals surface area contributed by atoms with E-state index in [9.17, 15) is 80.8 Å². The molecule has 24 heteroatoms. The Morgan fingerprint density at radius 3 is 1.76 bits per heavy atom. The van der Waals surface area contributed by atoms with Crippen molar-refractivity contribution in [2.24, 2.45) is 50.2 Å². The van der Waals surface area contributed by atoms with Crippen molar-refractivity contribution in [3.05, 3.63) is 23.3 Å². The second-order valence-corrected chi connectivity index (χ2v) is 25.5. The van der Waals surface area contributed by atoms with Crippen molar-refractivity contribution in [1.29, 1.82) is 0 Å². The van der Waals surface area contributed by atoms with E-state index in [0.717, 1.165) is 5.57 Å². The van der Waals surface area contributed by atoms with E-state index in [1.54, 1.807) is 19.9 Å². The molecule has 0 aromatic rings. The van der Waals surface area contributed by atoms with Gasteiger partial charge < -0.3 is 104 Å². The number of carboxylic acids is 1. The van der Waals surface area contributed by atoms with E-state index >= 15 is 0 Å². The summed E-state index contributed by atoms with van der Waals surface area (Å²) >= 11 is 0. The molecule has 24 nitrogen and oxygen atoms in total. The molecule has 13 N–H and O–H groups in total. The van der Waals surface area contributed by atoms with E-state index in [1.807, 2.05) is 20.8 Å². The molecule has 0 radical (unpaired) electrons. The smallest absolute Gasteiger partial charge is 0.335 e. The first-order valence-corrected chi connectivity index (χ1v) is 27.7. The Labute approximate surface area is 459 Å². The molecule has 8 rings (SSSR count). The molecule has 3 heterocycles. The third-order valence-electron chi connectivity index (χ3n) is 21.1. The maximum absolute atomic E-state index is 13.4. The Balaban J connectivity index is 1.12. The number of esters is 2. The minimum atomic E-state index is -2.18. The Hall–Kier alpha value is -2.83. The molecule has 8 aliphatic rings. The quantitative estimate of drug-likeness (QED) is 0.0415. The van der Waals surface area contributed by atoms with Crippen molar-refractivity contribution in [2.75, 3.05) is 26.4 Å². The van der Waals surface area contributed by atoms with Gasteiger partial charge in [-0.2, -0.15) is 0 Å². The number of allylic oxidation sites excluding steroid dienone is 3. The highest BCUT2D eigenvalue weighted by atomic mass is 16.8. The molecule has 0 spiro atoms. The lowest BCUT2D eigenvalue weighted by atomic mass is 9.33. The molecule has 0 aromatic carbocycles. The van der Waals surface area contributed by atoms with Crippen molar-refractivity contribution in [2.45, 2.75) is 224 Å². The summed E-state index contributed by atoms with van der Waals surface area (Å²) in [6, 6.07) is 0. The first-order chi connectivity index (χ1) is 36.9. The second kappa shape index (κ2) is 22.6. The predicted octanol–water partition coefficient (Wildman–Crippen LogP) is -1.32. The molecule has 27 atom stereocenters. The van der Waals surface area contributed by atoms with Gasteiger partial charge >= 0.3 is 17.9 Å². The molecule has 4 saturated carbocycles. The van der Waals surface area contributed by atoms with Crippen LogP contribution in [0, 0.1) is 50.2 Å². The third-order valence-corrected chi connectivity index (χ3v) is 21.1. The number of hydrogen-bond acceptors (Lipinski definition) is 23. The van der Waals surface area contributed by atoms with Gasteiger partial charge in [-0.25, -0.2) is 9.59 Å². The maximum atomic E-state index is 13.4. The lowest BCUT2D eigenvalue weighted by Crippen LogP contribution is -2.72. The van der Waals surface area contributed by atoms with Crippen LogP contribution in [0.15, 0.2) is 23.3 Å². The summed E-state index contributed by atoms with van der Waals surface area (Å²) in [5, 5.41) is 143. The fourth-order valence-electron chi connectivity index (χ4n) is 16.2.